The van der Waals surface area contributed by atoms with Gasteiger partial charge in [0.1, 0.15) is 13.2 Å². The molecule has 9 heteroatoms. The molecule has 0 radical (unpaired) electrons. The van der Waals surface area contributed by atoms with Crippen LogP contribution in [0.4, 0.5) is 5.69 Å². The van der Waals surface area contributed by atoms with E-state index in [-0.39, 0.29) is 10.9 Å². The Hall–Kier alpha value is -3.20. The van der Waals surface area contributed by atoms with Gasteiger partial charge in [0, 0.05) is 23.9 Å². The highest BCUT2D eigenvalue weighted by Crippen LogP contribution is 2.33. The highest BCUT2D eigenvalue weighted by atomic mass is 32.2. The minimum absolute atomic E-state index is 0.232. The molecule has 1 aromatic heterocycles. The van der Waals surface area contributed by atoms with E-state index >= 15 is 0 Å². The zero-order chi connectivity index (χ0) is 19.5. The SMILES string of the molecule is CC(Sc1c([O-])on[n+]1-c1ccccc1)C(=O)Nc1ccc2c(c1)OCCO2. The van der Waals surface area contributed by atoms with Gasteiger partial charge in [0.25, 0.3) is 5.03 Å². The number of hydrogen-bond acceptors (Lipinski definition) is 7. The molecule has 144 valence electrons. The Balaban J connectivity index is 1.48. The van der Waals surface area contributed by atoms with Crippen molar-refractivity contribution in [2.75, 3.05) is 18.5 Å². The second-order valence-corrected chi connectivity index (χ2v) is 7.35. The molecular formula is C19H17N3O5S. The van der Waals surface area contributed by atoms with Gasteiger partial charge in [-0.2, -0.15) is 0 Å². The number of rotatable bonds is 5. The van der Waals surface area contributed by atoms with E-state index in [0.717, 1.165) is 11.8 Å². The summed E-state index contributed by atoms with van der Waals surface area (Å²) >= 11 is 1.08. The number of thioether (sulfide) groups is 1. The Morgan fingerprint density at radius 2 is 1.93 bits per heavy atom. The van der Waals surface area contributed by atoms with E-state index in [2.05, 4.69) is 10.6 Å². The number of carbonyl (C=O) groups is 1. The zero-order valence-corrected chi connectivity index (χ0v) is 15.8. The van der Waals surface area contributed by atoms with Gasteiger partial charge in [-0.1, -0.05) is 18.2 Å². The lowest BCUT2D eigenvalue weighted by atomic mass is 10.2. The predicted octanol–water partition coefficient (Wildman–Crippen LogP) is 1.92. The van der Waals surface area contributed by atoms with Crippen molar-refractivity contribution in [2.24, 2.45) is 0 Å². The monoisotopic (exact) mass is 399 g/mol. The Morgan fingerprint density at radius 3 is 2.71 bits per heavy atom. The molecule has 1 atom stereocenters. The average Bonchev–Trinajstić information content (AvgIpc) is 3.08. The van der Waals surface area contributed by atoms with Crippen molar-refractivity contribution < 1.29 is 28.6 Å². The Kier molecular flexibility index (Phi) is 5.07. The maximum absolute atomic E-state index is 12.6. The first kappa shape index (κ1) is 18.2. The van der Waals surface area contributed by atoms with Gasteiger partial charge in [-0.05, 0) is 35.5 Å². The normalized spacial score (nSPS) is 13.8. The molecule has 28 heavy (non-hydrogen) atoms. The molecule has 1 aliphatic heterocycles. The van der Waals surface area contributed by atoms with Crippen LogP contribution >= 0.6 is 11.8 Å². The lowest BCUT2D eigenvalue weighted by Crippen LogP contribution is -2.36. The van der Waals surface area contributed by atoms with Crippen LogP contribution in [-0.2, 0) is 4.79 Å². The molecule has 1 aliphatic rings. The minimum atomic E-state index is -0.590. The summed E-state index contributed by atoms with van der Waals surface area (Å²) in [6.45, 7) is 2.68. The van der Waals surface area contributed by atoms with Gasteiger partial charge in [-0.15, -0.1) is 0 Å². The second-order valence-electron chi connectivity index (χ2n) is 6.02. The fourth-order valence-electron chi connectivity index (χ4n) is 2.66. The summed E-state index contributed by atoms with van der Waals surface area (Å²) in [5.41, 5.74) is 1.26. The van der Waals surface area contributed by atoms with E-state index in [1.807, 2.05) is 18.2 Å². The number of nitrogens with one attached hydrogen (secondary N) is 1. The number of carbonyl (C=O) groups excluding carboxylic acids is 1. The van der Waals surface area contributed by atoms with Gasteiger partial charge in [0.05, 0.1) is 10.5 Å². The summed E-state index contributed by atoms with van der Waals surface area (Å²) in [4.78, 5) is 12.6. The molecule has 3 aromatic rings. The van der Waals surface area contributed by atoms with Crippen molar-refractivity contribution in [3.63, 3.8) is 0 Å². The van der Waals surface area contributed by atoms with Crippen LogP contribution in [0.2, 0.25) is 0 Å². The molecule has 0 saturated carbocycles. The summed E-state index contributed by atoms with van der Waals surface area (Å²) in [5, 5.41) is 18.3. The average molecular weight is 399 g/mol. The highest BCUT2D eigenvalue weighted by molar-refractivity contribution is 8.00. The number of anilines is 1. The zero-order valence-electron chi connectivity index (χ0n) is 15.0. The number of fused-ring (bicyclic) bond motifs is 1. The van der Waals surface area contributed by atoms with Crippen molar-refractivity contribution in [3.8, 4) is 23.1 Å². The van der Waals surface area contributed by atoms with Gasteiger partial charge in [-0.3, -0.25) is 4.79 Å². The second kappa shape index (κ2) is 7.81. The van der Waals surface area contributed by atoms with Crippen LogP contribution in [0, 0.1) is 0 Å². The third-order valence-electron chi connectivity index (χ3n) is 4.04. The van der Waals surface area contributed by atoms with Crippen LogP contribution in [0.1, 0.15) is 6.92 Å². The Labute approximate surface area is 165 Å². The number of hydrogen-bond donors (Lipinski definition) is 1. The van der Waals surface area contributed by atoms with E-state index in [9.17, 15) is 9.90 Å². The van der Waals surface area contributed by atoms with Crippen LogP contribution < -0.4 is 24.6 Å². The maximum Gasteiger partial charge on any atom is 0.298 e. The molecule has 4 rings (SSSR count). The lowest BCUT2D eigenvalue weighted by molar-refractivity contribution is -0.705. The molecule has 0 spiro atoms. The predicted molar refractivity (Wildman–Crippen MR) is 98.9 cm³/mol. The van der Waals surface area contributed by atoms with Crippen LogP contribution in [0.15, 0.2) is 58.1 Å². The summed E-state index contributed by atoms with van der Waals surface area (Å²) in [5.74, 6) is 0.387. The van der Waals surface area contributed by atoms with E-state index in [1.165, 1.54) is 4.68 Å². The minimum Gasteiger partial charge on any atom is -0.538 e. The van der Waals surface area contributed by atoms with Crippen molar-refractivity contribution >= 4 is 23.4 Å². The van der Waals surface area contributed by atoms with Crippen molar-refractivity contribution in [1.29, 1.82) is 0 Å². The van der Waals surface area contributed by atoms with Crippen molar-refractivity contribution in [3.05, 3.63) is 48.5 Å². The van der Waals surface area contributed by atoms with Crippen molar-refractivity contribution in [1.82, 2.24) is 5.27 Å². The Morgan fingerprint density at radius 1 is 1.18 bits per heavy atom. The molecule has 8 nitrogen and oxygen atoms in total. The third-order valence-corrected chi connectivity index (χ3v) is 5.17. The number of amides is 1. The standard InChI is InChI=1S/C19H17N3O5S/c1-12(17(23)20-13-7-8-15-16(11-13)26-10-9-25-15)28-18-19(24)27-21-22(18)14-5-3-2-4-6-14/h2-8,11-12H,9-10H2,1H3,(H-,20,21,23,24). The molecule has 1 unspecified atom stereocenters. The number of nitrogens with zero attached hydrogens (tertiary/aromatic N) is 2. The van der Waals surface area contributed by atoms with Gasteiger partial charge >= 0.3 is 0 Å². The number of benzene rings is 2. The molecule has 0 saturated heterocycles. The summed E-state index contributed by atoms with van der Waals surface area (Å²) in [6.07, 6.45) is 0. The molecule has 0 bridgehead atoms. The first-order valence-electron chi connectivity index (χ1n) is 8.63. The first-order valence-corrected chi connectivity index (χ1v) is 9.51. The smallest absolute Gasteiger partial charge is 0.298 e. The largest absolute Gasteiger partial charge is 0.538 e. The highest BCUT2D eigenvalue weighted by Gasteiger charge is 2.26. The molecular weight excluding hydrogens is 382 g/mol. The van der Waals surface area contributed by atoms with Crippen molar-refractivity contribution in [2.45, 2.75) is 17.2 Å². The van der Waals surface area contributed by atoms with E-state index in [0.29, 0.717) is 36.1 Å². The van der Waals surface area contributed by atoms with Gasteiger partial charge in [0.2, 0.25) is 11.6 Å². The molecule has 1 N–H and O–H groups in total. The summed E-state index contributed by atoms with van der Waals surface area (Å²) in [6, 6.07) is 14.3. The van der Waals surface area contributed by atoms with Gasteiger partial charge < -0.3 is 24.4 Å². The van der Waals surface area contributed by atoms with E-state index in [4.69, 9.17) is 14.0 Å². The molecule has 2 heterocycles. The van der Waals surface area contributed by atoms with E-state index < -0.39 is 11.2 Å². The fourth-order valence-corrected chi connectivity index (χ4v) is 3.53. The third kappa shape index (κ3) is 3.74. The molecule has 0 fully saturated rings. The number of aromatic nitrogens is 2. The number of para-hydroxylation sites is 1. The number of ether oxygens (including phenoxy) is 2. The fraction of sp³-hybridized carbons (Fsp3) is 0.211. The summed E-state index contributed by atoms with van der Waals surface area (Å²) < 4.78 is 17.2. The first-order chi connectivity index (χ1) is 13.6. The summed E-state index contributed by atoms with van der Waals surface area (Å²) in [7, 11) is 0. The van der Waals surface area contributed by atoms with Crippen LogP contribution in [-0.4, -0.2) is 29.6 Å². The molecule has 0 aliphatic carbocycles. The topological polar surface area (TPSA) is 101 Å². The van der Waals surface area contributed by atoms with Crippen LogP contribution in [0.5, 0.6) is 17.4 Å². The Bertz CT molecular complexity index is 992. The van der Waals surface area contributed by atoms with Crippen LogP contribution in [0.25, 0.3) is 5.69 Å². The quantitative estimate of drug-likeness (QED) is 0.517. The van der Waals surface area contributed by atoms with E-state index in [1.54, 1.807) is 37.3 Å². The maximum atomic E-state index is 12.6. The molecule has 1 amide bonds. The molecule has 2 aromatic carbocycles. The van der Waals surface area contributed by atoms with Gasteiger partial charge in [-0.25, -0.2) is 0 Å². The van der Waals surface area contributed by atoms with Gasteiger partial charge in [0.15, 0.2) is 17.4 Å². The lowest BCUT2D eigenvalue weighted by Gasteiger charge is -2.19. The van der Waals surface area contributed by atoms with Crippen LogP contribution in [0.3, 0.4) is 0 Å².